The molecular weight excluding hydrogens is 848 g/mol. The smallest absolute Gasteiger partial charge is 0.257 e. The number of nitrogens with one attached hydrogen (secondary N) is 6. The quantitative estimate of drug-likeness (QED) is 0.0318. The van der Waals surface area contributed by atoms with Crippen molar-refractivity contribution in [3.05, 3.63) is 62.2 Å². The SMILES string of the molecule is CC.CCC(C)=O.CNCCCCCC(=O)NCC(=O)NC(C)C(=O)NCC(=O)NCOCC=O.CNCc1c2c(nc3cc(F)c(C)cc13)-c1cc(C(O)C=O)c(COC)c(=O)n1C2. The predicted molar refractivity (Wildman–Crippen MR) is 243 cm³/mol. The molecule has 2 unspecified atom stereocenters. The minimum Gasteiger partial charge on any atom is -0.381 e. The minimum absolute atomic E-state index is 0.0289. The number of aliphatic hydroxyl groups is 1. The van der Waals surface area contributed by atoms with E-state index in [0.29, 0.717) is 61.0 Å². The van der Waals surface area contributed by atoms with Gasteiger partial charge in [-0.05, 0) is 77.5 Å². The maximum Gasteiger partial charge on any atom is 0.257 e. The molecule has 1 aromatic carbocycles. The highest BCUT2D eigenvalue weighted by Gasteiger charge is 2.29. The first kappa shape index (κ1) is 57.2. The van der Waals surface area contributed by atoms with Crippen LogP contribution < -0.4 is 37.5 Å². The van der Waals surface area contributed by atoms with Crippen LogP contribution >= 0.6 is 0 Å². The fourth-order valence-electron chi connectivity index (χ4n) is 6.12. The van der Waals surface area contributed by atoms with E-state index in [0.717, 1.165) is 42.3 Å². The Labute approximate surface area is 379 Å². The molecule has 65 heavy (non-hydrogen) atoms. The Morgan fingerprint density at radius 3 is 2.23 bits per heavy atom. The van der Waals surface area contributed by atoms with Gasteiger partial charge in [0.1, 0.15) is 43.4 Å². The largest absolute Gasteiger partial charge is 0.381 e. The fourth-order valence-corrected chi connectivity index (χ4v) is 6.12. The zero-order chi connectivity index (χ0) is 49.1. The number of Topliss-reactive ketones (excluding diaryl/α,β-unsaturated/α-hetero) is 1. The van der Waals surface area contributed by atoms with Crippen molar-refractivity contribution in [3.8, 4) is 11.4 Å². The number of halogens is 1. The number of ether oxygens (including phenoxy) is 2. The number of methoxy groups -OCH3 is 1. The Balaban J connectivity index is 0.000000570. The van der Waals surface area contributed by atoms with E-state index in [4.69, 9.17) is 9.47 Å². The van der Waals surface area contributed by atoms with Crippen molar-refractivity contribution in [2.45, 2.75) is 105 Å². The zero-order valence-corrected chi connectivity index (χ0v) is 39.0. The van der Waals surface area contributed by atoms with Gasteiger partial charge < -0.3 is 65.4 Å². The number of fused-ring (bicyclic) bond motifs is 4. The highest BCUT2D eigenvalue weighted by atomic mass is 19.1. The maximum atomic E-state index is 14.2. The summed E-state index contributed by atoms with van der Waals surface area (Å²) >= 11 is 0. The van der Waals surface area contributed by atoms with Gasteiger partial charge in [0.2, 0.25) is 23.6 Å². The molecule has 3 aromatic rings. The van der Waals surface area contributed by atoms with Crippen LogP contribution in [0.4, 0.5) is 4.39 Å². The van der Waals surface area contributed by atoms with Crippen molar-refractivity contribution in [2.24, 2.45) is 0 Å². The molecule has 2 aromatic heterocycles. The Morgan fingerprint density at radius 2 is 1.63 bits per heavy atom. The number of amides is 4. The number of carbonyl (C=O) groups is 7. The van der Waals surface area contributed by atoms with Crippen LogP contribution in [0.2, 0.25) is 0 Å². The standard InChI is InChI=1S/C22H22FN3O4.C17H31N5O6.C4H8O.C2H6/c1-11-4-12-14(7-24-2)15-8-26-19(21(15)25-18(12)6-17(11)23)5-13(20(28)9-27)16(10-30-3)22(26)29;1-13(17(27)20-10-15(25)21-12-28-9-8-23)22-16(26)11-19-14(24)6-4-3-5-7-18-2;1-3-4(2)5;1-2/h4-6,9,20,24,28H,7-8,10H2,1-3H3;8,13,18H,3-7,9-12H2,1-2H3,(H,19,24)(H,20,27)(H,21,25)(H,22,26);3H2,1-2H3;1-2H3. The van der Waals surface area contributed by atoms with E-state index in [-0.39, 0.29) is 67.2 Å². The summed E-state index contributed by atoms with van der Waals surface area (Å²) < 4.78 is 25.7. The van der Waals surface area contributed by atoms with Crippen LogP contribution in [0, 0.1) is 12.7 Å². The van der Waals surface area contributed by atoms with Crippen LogP contribution in [0.15, 0.2) is 23.0 Å². The lowest BCUT2D eigenvalue weighted by atomic mass is 9.98. The molecule has 0 radical (unpaired) electrons. The van der Waals surface area contributed by atoms with Crippen LogP contribution in [0.3, 0.4) is 0 Å². The number of carbonyl (C=O) groups excluding carboxylic acids is 7. The number of rotatable bonds is 23. The number of ketones is 1. The average molecular weight is 915 g/mol. The lowest BCUT2D eigenvalue weighted by Gasteiger charge is -2.14. The second-order valence-electron chi connectivity index (χ2n) is 14.5. The highest BCUT2D eigenvalue weighted by molar-refractivity contribution is 5.92. The molecule has 1 aliphatic rings. The Kier molecular flexibility index (Phi) is 27.4. The molecular formula is C45H67FN8O11. The van der Waals surface area contributed by atoms with E-state index < -0.39 is 29.9 Å². The van der Waals surface area contributed by atoms with Gasteiger partial charge in [0.15, 0.2) is 6.29 Å². The molecule has 0 saturated carbocycles. The summed E-state index contributed by atoms with van der Waals surface area (Å²) in [6.07, 6.45) is 3.14. The van der Waals surface area contributed by atoms with Crippen LogP contribution in [0.1, 0.15) is 101 Å². The number of aryl methyl sites for hydroxylation is 1. The van der Waals surface area contributed by atoms with Gasteiger partial charge in [-0.15, -0.1) is 0 Å². The van der Waals surface area contributed by atoms with Gasteiger partial charge in [0.05, 0.1) is 43.1 Å². The second kappa shape index (κ2) is 31.1. The topological polar surface area (TPSA) is 265 Å². The summed E-state index contributed by atoms with van der Waals surface area (Å²) in [5.74, 6) is -1.87. The van der Waals surface area contributed by atoms with E-state index in [1.807, 2.05) is 34.9 Å². The summed E-state index contributed by atoms with van der Waals surface area (Å²) in [7, 11) is 5.13. The molecule has 4 amide bonds. The molecule has 2 atom stereocenters. The lowest BCUT2D eigenvalue weighted by molar-refractivity contribution is -0.130. The van der Waals surface area contributed by atoms with Gasteiger partial charge in [0.25, 0.3) is 5.56 Å². The van der Waals surface area contributed by atoms with Crippen molar-refractivity contribution in [3.63, 3.8) is 0 Å². The number of unbranched alkanes of at least 4 members (excludes halogenated alkanes) is 2. The average Bonchev–Trinajstić information content (AvgIpc) is 3.66. The molecule has 1 aliphatic heterocycles. The van der Waals surface area contributed by atoms with Crippen LogP contribution in [0.25, 0.3) is 22.3 Å². The number of hydrogen-bond donors (Lipinski definition) is 7. The summed E-state index contributed by atoms with van der Waals surface area (Å²) in [6, 6.07) is 3.90. The molecule has 4 rings (SSSR count). The first-order chi connectivity index (χ1) is 31.1. The van der Waals surface area contributed by atoms with Crippen LogP contribution in [-0.2, 0) is 62.7 Å². The van der Waals surface area contributed by atoms with Crippen molar-refractivity contribution >= 4 is 52.9 Å². The van der Waals surface area contributed by atoms with Crippen molar-refractivity contribution in [1.29, 1.82) is 0 Å². The Bertz CT molecular complexity index is 2130. The number of aromatic nitrogens is 2. The number of pyridine rings is 2. The zero-order valence-electron chi connectivity index (χ0n) is 39.0. The number of nitrogens with zero attached hydrogens (tertiary/aromatic N) is 2. The van der Waals surface area contributed by atoms with E-state index in [1.165, 1.54) is 20.1 Å². The molecule has 0 saturated heterocycles. The first-order valence-corrected chi connectivity index (χ1v) is 21.5. The molecule has 0 aliphatic carbocycles. The monoisotopic (exact) mass is 914 g/mol. The van der Waals surface area contributed by atoms with Crippen LogP contribution in [0.5, 0.6) is 0 Å². The number of aldehydes is 2. The molecule has 19 nitrogen and oxygen atoms in total. The van der Waals surface area contributed by atoms with Crippen molar-refractivity contribution in [1.82, 2.24) is 41.5 Å². The number of aliphatic hydroxyl groups excluding tert-OH is 1. The Hall–Kier alpha value is -5.80. The first-order valence-electron chi connectivity index (χ1n) is 21.5. The number of hydrogen-bond acceptors (Lipinski definition) is 14. The second-order valence-corrected chi connectivity index (χ2v) is 14.5. The van der Waals surface area contributed by atoms with Gasteiger partial charge >= 0.3 is 0 Å². The van der Waals surface area contributed by atoms with Gasteiger partial charge in [-0.25, -0.2) is 9.37 Å². The molecule has 0 bridgehead atoms. The van der Waals surface area contributed by atoms with Gasteiger partial charge in [-0.2, -0.15) is 0 Å². The number of benzene rings is 1. The maximum absolute atomic E-state index is 14.2. The van der Waals surface area contributed by atoms with E-state index >= 15 is 0 Å². The van der Waals surface area contributed by atoms with E-state index in [1.54, 1.807) is 30.5 Å². The third-order valence-corrected chi connectivity index (χ3v) is 9.59. The van der Waals surface area contributed by atoms with Crippen molar-refractivity contribution in [2.75, 3.05) is 54.2 Å². The molecule has 0 fully saturated rings. The molecule has 20 heteroatoms. The summed E-state index contributed by atoms with van der Waals surface area (Å²) in [4.78, 5) is 95.6. The van der Waals surface area contributed by atoms with Gasteiger partial charge in [0, 0.05) is 54.6 Å². The summed E-state index contributed by atoms with van der Waals surface area (Å²) in [5, 5.41) is 26.8. The third kappa shape index (κ3) is 18.7. The Morgan fingerprint density at radius 1 is 0.954 bits per heavy atom. The lowest BCUT2D eigenvalue weighted by Crippen LogP contribution is -2.49. The van der Waals surface area contributed by atoms with Crippen LogP contribution in [-0.4, -0.2) is 117 Å². The fraction of sp³-hybridized carbons (Fsp3) is 0.533. The molecule has 0 spiro atoms. The third-order valence-electron chi connectivity index (χ3n) is 9.59. The molecule has 7 N–H and O–H groups in total. The summed E-state index contributed by atoms with van der Waals surface area (Å²) in [5.41, 5.74) is 3.94. The highest BCUT2D eigenvalue weighted by Crippen LogP contribution is 2.37. The molecule has 360 valence electrons. The molecule has 3 heterocycles. The summed E-state index contributed by atoms with van der Waals surface area (Å²) in [6.45, 7) is 11.5. The predicted octanol–water partition coefficient (Wildman–Crippen LogP) is 1.77. The van der Waals surface area contributed by atoms with E-state index in [9.17, 15) is 47.9 Å². The van der Waals surface area contributed by atoms with E-state index in [2.05, 4.69) is 36.9 Å². The normalized spacial score (nSPS) is 11.7. The minimum atomic E-state index is -1.45. The van der Waals surface area contributed by atoms with Crippen molar-refractivity contribution < 1.29 is 52.5 Å². The van der Waals surface area contributed by atoms with Gasteiger partial charge in [-0.1, -0.05) is 27.2 Å². The van der Waals surface area contributed by atoms with Gasteiger partial charge in [-0.3, -0.25) is 24.0 Å².